The first-order valence-electron chi connectivity index (χ1n) is 6.44. The molecule has 1 aromatic carbocycles. The molecule has 0 atom stereocenters. The van der Waals surface area contributed by atoms with Gasteiger partial charge in [0.15, 0.2) is 0 Å². The maximum atomic E-state index is 10.6. The molecule has 2 N–H and O–H groups in total. The normalized spacial score (nSPS) is 10.8. The summed E-state index contributed by atoms with van der Waals surface area (Å²) >= 11 is 1.74. The van der Waals surface area contributed by atoms with Gasteiger partial charge >= 0.3 is 0 Å². The number of carbonyl (C=O) groups excluding carboxylic acids is 1. The number of nitrogens with two attached hydrogens (primary N) is 1. The predicted molar refractivity (Wildman–Crippen MR) is 80.2 cm³/mol. The zero-order valence-corrected chi connectivity index (χ0v) is 11.9. The summed E-state index contributed by atoms with van der Waals surface area (Å²) in [5.41, 5.74) is 7.41. The van der Waals surface area contributed by atoms with Crippen LogP contribution in [0.1, 0.15) is 24.8 Å². The van der Waals surface area contributed by atoms with Gasteiger partial charge in [-0.25, -0.2) is 4.98 Å². The third kappa shape index (κ3) is 3.96. The summed E-state index contributed by atoms with van der Waals surface area (Å²) < 4.78 is 0. The fourth-order valence-electron chi connectivity index (χ4n) is 1.97. The molecule has 1 aromatic heterocycles. The number of primary amides is 1. The number of nitrogens with zero attached hydrogens (tertiary/aromatic N) is 1. The van der Waals surface area contributed by atoms with E-state index in [0.29, 0.717) is 6.42 Å². The van der Waals surface area contributed by atoms with E-state index in [1.54, 1.807) is 11.8 Å². The standard InChI is InChI=1S/C15H18N2OS/c1-11-10-15(19-9-5-4-8-14(16)18)17-13-7-3-2-6-12(11)13/h2-3,6-7,10H,4-5,8-9H2,1H3,(H2,16,18). The predicted octanol–water partition coefficient (Wildman–Crippen LogP) is 3.29. The number of thioether (sulfide) groups is 1. The van der Waals surface area contributed by atoms with Crippen molar-refractivity contribution >= 4 is 28.6 Å². The lowest BCUT2D eigenvalue weighted by molar-refractivity contribution is -0.118. The number of rotatable bonds is 6. The van der Waals surface area contributed by atoms with Crippen molar-refractivity contribution in [2.24, 2.45) is 5.73 Å². The molecule has 0 spiro atoms. The molecule has 100 valence electrons. The minimum Gasteiger partial charge on any atom is -0.370 e. The van der Waals surface area contributed by atoms with Crippen LogP contribution in [-0.2, 0) is 4.79 Å². The van der Waals surface area contributed by atoms with Gasteiger partial charge < -0.3 is 5.73 Å². The maximum Gasteiger partial charge on any atom is 0.217 e. The van der Waals surface area contributed by atoms with Gasteiger partial charge in [-0.1, -0.05) is 18.2 Å². The molecular weight excluding hydrogens is 256 g/mol. The highest BCUT2D eigenvalue weighted by atomic mass is 32.2. The third-order valence-corrected chi connectivity index (χ3v) is 3.96. The number of aromatic nitrogens is 1. The molecule has 2 aromatic rings. The number of unbranched alkanes of at least 4 members (excludes halogenated alkanes) is 1. The molecule has 0 fully saturated rings. The average Bonchev–Trinajstić information content (AvgIpc) is 2.38. The molecule has 3 nitrogen and oxygen atoms in total. The zero-order valence-electron chi connectivity index (χ0n) is 11.1. The van der Waals surface area contributed by atoms with Crippen molar-refractivity contribution in [3.8, 4) is 0 Å². The Bertz CT molecular complexity index is 583. The Labute approximate surface area is 117 Å². The second-order valence-corrected chi connectivity index (χ2v) is 5.68. The average molecular weight is 274 g/mol. The molecule has 0 radical (unpaired) electrons. The van der Waals surface area contributed by atoms with E-state index in [1.807, 2.05) is 18.2 Å². The van der Waals surface area contributed by atoms with Crippen LogP contribution in [-0.4, -0.2) is 16.6 Å². The van der Waals surface area contributed by atoms with E-state index in [2.05, 4.69) is 24.0 Å². The van der Waals surface area contributed by atoms with E-state index in [4.69, 9.17) is 5.73 Å². The number of hydrogen-bond donors (Lipinski definition) is 1. The lowest BCUT2D eigenvalue weighted by Gasteiger charge is -2.06. The Hall–Kier alpha value is -1.55. The van der Waals surface area contributed by atoms with Gasteiger partial charge in [-0.2, -0.15) is 0 Å². The molecular formula is C15H18N2OS. The Morgan fingerprint density at radius 3 is 2.89 bits per heavy atom. The maximum absolute atomic E-state index is 10.6. The van der Waals surface area contributed by atoms with Crippen LogP contribution in [0.3, 0.4) is 0 Å². The van der Waals surface area contributed by atoms with Gasteiger partial charge in [0.25, 0.3) is 0 Å². The first-order chi connectivity index (χ1) is 9.16. The molecule has 2 rings (SSSR count). The molecule has 1 heterocycles. The number of carbonyl (C=O) groups is 1. The monoisotopic (exact) mass is 274 g/mol. The highest BCUT2D eigenvalue weighted by Gasteiger charge is 2.03. The number of amides is 1. The van der Waals surface area contributed by atoms with Crippen molar-refractivity contribution in [3.63, 3.8) is 0 Å². The Balaban J connectivity index is 1.96. The van der Waals surface area contributed by atoms with Crippen LogP contribution in [0.4, 0.5) is 0 Å². The van der Waals surface area contributed by atoms with E-state index in [9.17, 15) is 4.79 Å². The van der Waals surface area contributed by atoms with Crippen molar-refractivity contribution in [1.82, 2.24) is 4.98 Å². The molecule has 0 aliphatic rings. The number of pyridine rings is 1. The van der Waals surface area contributed by atoms with Crippen molar-refractivity contribution in [2.75, 3.05) is 5.75 Å². The van der Waals surface area contributed by atoms with E-state index >= 15 is 0 Å². The highest BCUT2D eigenvalue weighted by Crippen LogP contribution is 2.24. The minimum absolute atomic E-state index is 0.218. The van der Waals surface area contributed by atoms with Crippen LogP contribution in [0.2, 0.25) is 0 Å². The number of aryl methyl sites for hydroxylation is 1. The molecule has 0 saturated heterocycles. The van der Waals surface area contributed by atoms with E-state index in [0.717, 1.165) is 29.1 Å². The molecule has 4 heteroatoms. The zero-order chi connectivity index (χ0) is 13.7. The molecule has 0 saturated carbocycles. The van der Waals surface area contributed by atoms with Crippen molar-refractivity contribution in [1.29, 1.82) is 0 Å². The fourth-order valence-corrected chi connectivity index (χ4v) is 2.95. The minimum atomic E-state index is -0.218. The molecule has 0 unspecified atom stereocenters. The van der Waals surface area contributed by atoms with Crippen LogP contribution < -0.4 is 5.73 Å². The number of hydrogen-bond acceptors (Lipinski definition) is 3. The van der Waals surface area contributed by atoms with Gasteiger partial charge in [0, 0.05) is 11.8 Å². The molecule has 19 heavy (non-hydrogen) atoms. The second-order valence-electron chi connectivity index (χ2n) is 4.57. The molecule has 0 aliphatic heterocycles. The Morgan fingerprint density at radius 2 is 2.11 bits per heavy atom. The molecule has 0 aliphatic carbocycles. The number of fused-ring (bicyclic) bond motifs is 1. The smallest absolute Gasteiger partial charge is 0.217 e. The van der Waals surface area contributed by atoms with Gasteiger partial charge in [0.05, 0.1) is 10.5 Å². The van der Waals surface area contributed by atoms with Gasteiger partial charge in [0.1, 0.15) is 0 Å². The third-order valence-electron chi connectivity index (χ3n) is 2.97. The Morgan fingerprint density at radius 1 is 1.32 bits per heavy atom. The summed E-state index contributed by atoms with van der Waals surface area (Å²) in [7, 11) is 0. The SMILES string of the molecule is Cc1cc(SCCCCC(N)=O)nc2ccccc12. The summed E-state index contributed by atoms with van der Waals surface area (Å²) in [6.45, 7) is 2.11. The topological polar surface area (TPSA) is 56.0 Å². The summed E-state index contributed by atoms with van der Waals surface area (Å²) in [6.07, 6.45) is 2.32. The van der Waals surface area contributed by atoms with Crippen LogP contribution in [0.15, 0.2) is 35.4 Å². The van der Waals surface area contributed by atoms with E-state index in [1.165, 1.54) is 10.9 Å². The number of benzene rings is 1. The first kappa shape index (κ1) is 13.9. The van der Waals surface area contributed by atoms with Gasteiger partial charge in [-0.3, -0.25) is 4.79 Å². The van der Waals surface area contributed by atoms with Crippen molar-refractivity contribution in [3.05, 3.63) is 35.9 Å². The lowest BCUT2D eigenvalue weighted by Crippen LogP contribution is -2.09. The van der Waals surface area contributed by atoms with Crippen LogP contribution in [0, 0.1) is 6.92 Å². The van der Waals surface area contributed by atoms with Crippen LogP contribution in [0.5, 0.6) is 0 Å². The summed E-state index contributed by atoms with van der Waals surface area (Å²) in [4.78, 5) is 15.3. The summed E-state index contributed by atoms with van der Waals surface area (Å²) in [6, 6.07) is 10.3. The molecule has 1 amide bonds. The van der Waals surface area contributed by atoms with Gasteiger partial charge in [-0.15, -0.1) is 11.8 Å². The van der Waals surface area contributed by atoms with Crippen molar-refractivity contribution < 1.29 is 4.79 Å². The lowest BCUT2D eigenvalue weighted by atomic mass is 10.1. The largest absolute Gasteiger partial charge is 0.370 e. The second kappa shape index (κ2) is 6.57. The van der Waals surface area contributed by atoms with Crippen LogP contribution in [0.25, 0.3) is 10.9 Å². The van der Waals surface area contributed by atoms with Crippen LogP contribution >= 0.6 is 11.8 Å². The quantitative estimate of drug-likeness (QED) is 0.649. The number of para-hydroxylation sites is 1. The fraction of sp³-hybridized carbons (Fsp3) is 0.333. The summed E-state index contributed by atoms with van der Waals surface area (Å²) in [5, 5.41) is 2.26. The highest BCUT2D eigenvalue weighted by molar-refractivity contribution is 7.99. The van der Waals surface area contributed by atoms with Crippen molar-refractivity contribution in [2.45, 2.75) is 31.2 Å². The van der Waals surface area contributed by atoms with E-state index < -0.39 is 0 Å². The summed E-state index contributed by atoms with van der Waals surface area (Å²) in [5.74, 6) is 0.752. The first-order valence-corrected chi connectivity index (χ1v) is 7.43. The Kier molecular flexibility index (Phi) is 4.80. The van der Waals surface area contributed by atoms with E-state index in [-0.39, 0.29) is 5.91 Å². The molecule has 0 bridgehead atoms. The van der Waals surface area contributed by atoms with Gasteiger partial charge in [-0.05, 0) is 43.2 Å². The van der Waals surface area contributed by atoms with Gasteiger partial charge in [0.2, 0.25) is 5.91 Å².